The Hall–Kier alpha value is -1.59. The van der Waals surface area contributed by atoms with Gasteiger partial charge in [0.1, 0.15) is 0 Å². The third-order valence-electron chi connectivity index (χ3n) is 1.28. The first-order valence-electron chi connectivity index (χ1n) is 2.81. The van der Waals surface area contributed by atoms with Crippen LogP contribution >= 0.6 is 0 Å². The van der Waals surface area contributed by atoms with Gasteiger partial charge in [0.2, 0.25) is 0 Å². The molecule has 1 aliphatic heterocycles. The zero-order valence-corrected chi connectivity index (χ0v) is 5.01. The maximum absolute atomic E-state index is 10.9. The van der Waals surface area contributed by atoms with E-state index in [9.17, 15) is 4.79 Å². The zero-order chi connectivity index (χ0) is 6.97. The molecule has 0 saturated carbocycles. The molecule has 2 heterocycles. The van der Waals surface area contributed by atoms with Crippen LogP contribution in [-0.4, -0.2) is 28.0 Å². The van der Waals surface area contributed by atoms with Crippen molar-refractivity contribution in [2.75, 3.05) is 12.0 Å². The smallest absolute Gasteiger partial charge is 0.274 e. The number of rotatable bonds is 0. The van der Waals surface area contributed by atoms with Gasteiger partial charge in [-0.1, -0.05) is 5.21 Å². The first-order valence-corrected chi connectivity index (χ1v) is 2.81. The molecule has 1 aromatic heterocycles. The second kappa shape index (κ2) is 1.69. The van der Waals surface area contributed by atoms with Gasteiger partial charge >= 0.3 is 0 Å². The fourth-order valence-electron chi connectivity index (χ4n) is 0.807. The van der Waals surface area contributed by atoms with Crippen LogP contribution in [0.2, 0.25) is 0 Å². The summed E-state index contributed by atoms with van der Waals surface area (Å²) in [5.41, 5.74) is 0.395. The monoisotopic (exact) mass is 139 g/mol. The number of carbonyl (C=O) groups excluding carboxylic acids is 1. The molecule has 0 radical (unpaired) electrons. The first-order chi connectivity index (χ1) is 4.88. The number of anilines is 1. The molecule has 0 fully saturated rings. The highest BCUT2D eigenvalue weighted by atomic mass is 16.2. The number of fused-ring (bicyclic) bond motifs is 1. The van der Waals surface area contributed by atoms with E-state index in [0.717, 1.165) is 0 Å². The van der Waals surface area contributed by atoms with Crippen LogP contribution in [0.3, 0.4) is 0 Å². The Bertz CT molecular complexity index is 266. The van der Waals surface area contributed by atoms with E-state index in [1.165, 1.54) is 0 Å². The van der Waals surface area contributed by atoms with E-state index in [4.69, 9.17) is 0 Å². The molecule has 52 valence electrons. The van der Waals surface area contributed by atoms with E-state index >= 15 is 0 Å². The lowest BCUT2D eigenvalue weighted by Gasteiger charge is -2.11. The summed E-state index contributed by atoms with van der Waals surface area (Å²) in [6.45, 7) is 0.415. The molecule has 2 rings (SSSR count). The molecule has 0 unspecified atom stereocenters. The number of hydrogen-bond donors (Lipinski definition) is 3. The number of amides is 1. The molecule has 0 bridgehead atoms. The van der Waals surface area contributed by atoms with E-state index in [-0.39, 0.29) is 5.91 Å². The molecule has 3 N–H and O–H groups in total. The van der Waals surface area contributed by atoms with Crippen LogP contribution in [0, 0.1) is 0 Å². The van der Waals surface area contributed by atoms with Gasteiger partial charge in [0.05, 0.1) is 6.67 Å². The Balaban J connectivity index is 2.50. The van der Waals surface area contributed by atoms with Crippen LogP contribution in [0.15, 0.2) is 0 Å². The maximum Gasteiger partial charge on any atom is 0.274 e. The molecule has 6 heteroatoms. The van der Waals surface area contributed by atoms with Crippen molar-refractivity contribution >= 4 is 11.7 Å². The average molecular weight is 139 g/mol. The standard InChI is InChI=1S/C4H5N5O/c10-4-2-3(5-1-6-4)8-9-7-2/h1H2,(H,6,10)(H2,5,7,8,9). The largest absolute Gasteiger partial charge is 0.349 e. The summed E-state index contributed by atoms with van der Waals surface area (Å²) in [5, 5.41) is 15.0. The van der Waals surface area contributed by atoms with Gasteiger partial charge in [0.15, 0.2) is 11.5 Å². The lowest BCUT2D eigenvalue weighted by molar-refractivity contribution is 0.0948. The topological polar surface area (TPSA) is 82.7 Å². The van der Waals surface area contributed by atoms with Crippen molar-refractivity contribution in [2.45, 2.75) is 0 Å². The summed E-state index contributed by atoms with van der Waals surface area (Å²) in [5.74, 6) is 0.350. The van der Waals surface area contributed by atoms with E-state index < -0.39 is 0 Å². The van der Waals surface area contributed by atoms with Crippen LogP contribution in [0.1, 0.15) is 10.5 Å². The molecule has 1 aliphatic rings. The predicted molar refractivity (Wildman–Crippen MR) is 32.3 cm³/mol. The highest BCUT2D eigenvalue weighted by molar-refractivity contribution is 5.98. The molecular formula is C4H5N5O. The molecule has 1 aromatic rings. The lowest BCUT2D eigenvalue weighted by Crippen LogP contribution is -2.34. The number of hydrogen-bond acceptors (Lipinski definition) is 4. The summed E-state index contributed by atoms with van der Waals surface area (Å²) in [6.07, 6.45) is 0. The van der Waals surface area contributed by atoms with Crippen molar-refractivity contribution in [3.63, 3.8) is 0 Å². The van der Waals surface area contributed by atoms with Crippen molar-refractivity contribution < 1.29 is 4.79 Å². The fraction of sp³-hybridized carbons (Fsp3) is 0.250. The molecule has 6 nitrogen and oxygen atoms in total. The van der Waals surface area contributed by atoms with Gasteiger partial charge in [0, 0.05) is 0 Å². The normalized spacial score (nSPS) is 15.4. The highest BCUT2D eigenvalue weighted by Gasteiger charge is 2.18. The minimum absolute atomic E-state index is 0.168. The molecule has 0 aliphatic carbocycles. The van der Waals surface area contributed by atoms with Gasteiger partial charge in [0.25, 0.3) is 5.91 Å². The molecular weight excluding hydrogens is 134 g/mol. The summed E-state index contributed by atoms with van der Waals surface area (Å²) < 4.78 is 0. The number of carbonyl (C=O) groups is 1. The summed E-state index contributed by atoms with van der Waals surface area (Å²) in [7, 11) is 0. The van der Waals surface area contributed by atoms with Crippen LogP contribution in [-0.2, 0) is 0 Å². The molecule has 10 heavy (non-hydrogen) atoms. The predicted octanol–water partition coefficient (Wildman–Crippen LogP) is -1.08. The van der Waals surface area contributed by atoms with Crippen LogP contribution in [0.5, 0.6) is 0 Å². The third-order valence-corrected chi connectivity index (χ3v) is 1.28. The minimum Gasteiger partial charge on any atom is -0.349 e. The quantitative estimate of drug-likeness (QED) is 0.427. The van der Waals surface area contributed by atoms with Crippen molar-refractivity contribution in [3.8, 4) is 0 Å². The van der Waals surface area contributed by atoms with Crippen molar-refractivity contribution in [2.24, 2.45) is 0 Å². The van der Waals surface area contributed by atoms with E-state index in [1.54, 1.807) is 0 Å². The molecule has 0 spiro atoms. The van der Waals surface area contributed by atoms with Crippen molar-refractivity contribution in [3.05, 3.63) is 5.69 Å². The van der Waals surface area contributed by atoms with E-state index in [1.807, 2.05) is 0 Å². The Morgan fingerprint density at radius 1 is 1.40 bits per heavy atom. The van der Waals surface area contributed by atoms with Gasteiger partial charge in [-0.05, 0) is 0 Å². The molecule has 0 saturated heterocycles. The fourth-order valence-corrected chi connectivity index (χ4v) is 0.807. The number of nitrogens with zero attached hydrogens (tertiary/aromatic N) is 2. The van der Waals surface area contributed by atoms with Gasteiger partial charge in [-0.25, -0.2) is 0 Å². The van der Waals surface area contributed by atoms with Gasteiger partial charge in [-0.15, -0.1) is 5.10 Å². The Morgan fingerprint density at radius 3 is 3.10 bits per heavy atom. The Morgan fingerprint density at radius 2 is 2.30 bits per heavy atom. The Labute approximate surface area is 56.0 Å². The van der Waals surface area contributed by atoms with Crippen LogP contribution in [0.25, 0.3) is 0 Å². The van der Waals surface area contributed by atoms with Gasteiger partial charge < -0.3 is 10.6 Å². The second-order valence-electron chi connectivity index (χ2n) is 1.89. The minimum atomic E-state index is -0.168. The summed E-state index contributed by atoms with van der Waals surface area (Å²) in [6, 6.07) is 0. The van der Waals surface area contributed by atoms with Crippen LogP contribution in [0.4, 0.5) is 5.82 Å². The van der Waals surface area contributed by atoms with Gasteiger partial charge in [-0.2, -0.15) is 0 Å². The van der Waals surface area contributed by atoms with E-state index in [0.29, 0.717) is 18.2 Å². The molecule has 0 aromatic carbocycles. The average Bonchev–Trinajstić information content (AvgIpc) is 2.36. The first kappa shape index (κ1) is 5.21. The maximum atomic E-state index is 10.9. The van der Waals surface area contributed by atoms with Crippen molar-refractivity contribution in [1.82, 2.24) is 20.7 Å². The zero-order valence-electron chi connectivity index (χ0n) is 5.01. The van der Waals surface area contributed by atoms with Gasteiger partial charge in [-0.3, -0.25) is 9.89 Å². The third kappa shape index (κ3) is 0.554. The number of aromatic amines is 1. The highest BCUT2D eigenvalue weighted by Crippen LogP contribution is 2.08. The number of H-pyrrole nitrogens is 1. The molecule has 0 atom stereocenters. The van der Waals surface area contributed by atoms with Crippen molar-refractivity contribution in [1.29, 1.82) is 0 Å². The molecule has 1 amide bonds. The van der Waals surface area contributed by atoms with Crippen LogP contribution < -0.4 is 10.6 Å². The lowest BCUT2D eigenvalue weighted by atomic mass is 10.4. The number of nitrogens with one attached hydrogen (secondary N) is 3. The SMILES string of the molecule is O=C1NCNc2nn[nH]c21. The second-order valence-corrected chi connectivity index (χ2v) is 1.89. The number of aromatic nitrogens is 3. The summed E-state index contributed by atoms with van der Waals surface area (Å²) >= 11 is 0. The van der Waals surface area contributed by atoms with E-state index in [2.05, 4.69) is 26.0 Å². The Kier molecular flexibility index (Phi) is 0.883. The summed E-state index contributed by atoms with van der Waals surface area (Å²) in [4.78, 5) is 10.9.